The van der Waals surface area contributed by atoms with Crippen molar-refractivity contribution in [2.45, 2.75) is 25.3 Å². The molecule has 1 atom stereocenters. The fraction of sp³-hybridized carbons (Fsp3) is 0.600. The molecule has 19 heavy (non-hydrogen) atoms. The molecule has 0 saturated carbocycles. The van der Waals surface area contributed by atoms with Gasteiger partial charge in [0.05, 0.1) is 10.0 Å². The van der Waals surface area contributed by atoms with Crippen molar-refractivity contribution in [2.24, 2.45) is 0 Å². The van der Waals surface area contributed by atoms with Crippen LogP contribution in [0.3, 0.4) is 0 Å². The number of halogens is 2. The molecule has 0 N–H and O–H groups in total. The standard InChI is InChI=1S/C15H20Cl2N2/c16-14-4-3-12(10-15(14)17)5-7-18-8-9-19-6-1-2-13(19)11-18/h3-4,10,13H,1-2,5-9,11H2/t13-/m1/s1. The third-order valence-corrected chi connectivity index (χ3v) is 5.11. The van der Waals surface area contributed by atoms with Crippen molar-refractivity contribution in [3.63, 3.8) is 0 Å². The van der Waals surface area contributed by atoms with Crippen LogP contribution in [0.4, 0.5) is 0 Å². The first kappa shape index (κ1) is 13.7. The van der Waals surface area contributed by atoms with Crippen LogP contribution in [0.25, 0.3) is 0 Å². The van der Waals surface area contributed by atoms with E-state index in [0.717, 1.165) is 19.0 Å². The molecule has 0 bridgehead atoms. The maximum atomic E-state index is 6.06. The van der Waals surface area contributed by atoms with E-state index in [9.17, 15) is 0 Å². The zero-order valence-electron chi connectivity index (χ0n) is 11.1. The molecule has 2 nitrogen and oxygen atoms in total. The average molecular weight is 299 g/mol. The van der Waals surface area contributed by atoms with Gasteiger partial charge in [0.15, 0.2) is 0 Å². The molecule has 1 aromatic rings. The number of piperazine rings is 1. The van der Waals surface area contributed by atoms with Crippen LogP contribution < -0.4 is 0 Å². The second kappa shape index (κ2) is 6.01. The Balaban J connectivity index is 1.53. The van der Waals surface area contributed by atoms with Gasteiger partial charge < -0.3 is 4.90 Å². The SMILES string of the molecule is Clc1ccc(CCN2CCN3CCC[C@@H]3C2)cc1Cl. The molecule has 2 saturated heterocycles. The number of fused-ring (bicyclic) bond motifs is 1. The van der Waals surface area contributed by atoms with E-state index in [2.05, 4.69) is 15.9 Å². The number of rotatable bonds is 3. The maximum absolute atomic E-state index is 6.06. The van der Waals surface area contributed by atoms with Crippen LogP contribution in [0, 0.1) is 0 Å². The molecule has 4 heteroatoms. The molecule has 0 aliphatic carbocycles. The Morgan fingerprint density at radius 2 is 2.00 bits per heavy atom. The van der Waals surface area contributed by atoms with Crippen LogP contribution in [0.15, 0.2) is 18.2 Å². The fourth-order valence-electron chi connectivity index (χ4n) is 3.24. The maximum Gasteiger partial charge on any atom is 0.0595 e. The number of benzene rings is 1. The van der Waals surface area contributed by atoms with E-state index in [1.54, 1.807) is 0 Å². The second-order valence-corrected chi connectivity index (χ2v) is 6.45. The molecule has 0 spiro atoms. The highest BCUT2D eigenvalue weighted by Gasteiger charge is 2.29. The van der Waals surface area contributed by atoms with Crippen LogP contribution in [0.1, 0.15) is 18.4 Å². The van der Waals surface area contributed by atoms with E-state index in [0.29, 0.717) is 10.0 Å². The summed E-state index contributed by atoms with van der Waals surface area (Å²) in [6.07, 6.45) is 3.82. The van der Waals surface area contributed by atoms with Crippen LogP contribution >= 0.6 is 23.2 Å². The minimum atomic E-state index is 0.644. The van der Waals surface area contributed by atoms with Gasteiger partial charge in [-0.1, -0.05) is 29.3 Å². The lowest BCUT2D eigenvalue weighted by molar-refractivity contribution is 0.105. The molecule has 2 aliphatic heterocycles. The summed E-state index contributed by atoms with van der Waals surface area (Å²) in [5.41, 5.74) is 1.28. The summed E-state index contributed by atoms with van der Waals surface area (Å²) in [5.74, 6) is 0. The van der Waals surface area contributed by atoms with Crippen LogP contribution in [0.5, 0.6) is 0 Å². The van der Waals surface area contributed by atoms with Crippen molar-refractivity contribution in [3.05, 3.63) is 33.8 Å². The molecule has 0 aromatic heterocycles. The summed E-state index contributed by atoms with van der Waals surface area (Å²) in [7, 11) is 0. The van der Waals surface area contributed by atoms with Crippen molar-refractivity contribution < 1.29 is 0 Å². The highest BCUT2D eigenvalue weighted by atomic mass is 35.5. The van der Waals surface area contributed by atoms with Gasteiger partial charge in [0, 0.05) is 32.2 Å². The van der Waals surface area contributed by atoms with Gasteiger partial charge in [-0.05, 0) is 43.5 Å². The molecule has 2 fully saturated rings. The number of nitrogens with zero attached hydrogens (tertiary/aromatic N) is 2. The minimum absolute atomic E-state index is 0.644. The smallest absolute Gasteiger partial charge is 0.0595 e. The summed E-state index contributed by atoms with van der Waals surface area (Å²) in [5, 5.41) is 1.31. The number of hydrogen-bond donors (Lipinski definition) is 0. The lowest BCUT2D eigenvalue weighted by atomic mass is 10.1. The molecule has 3 rings (SSSR count). The lowest BCUT2D eigenvalue weighted by Crippen LogP contribution is -2.50. The molecule has 2 heterocycles. The van der Waals surface area contributed by atoms with E-state index in [-0.39, 0.29) is 0 Å². The van der Waals surface area contributed by atoms with Crippen LogP contribution in [-0.2, 0) is 6.42 Å². The van der Waals surface area contributed by atoms with Gasteiger partial charge in [-0.2, -0.15) is 0 Å². The van der Waals surface area contributed by atoms with Gasteiger partial charge in [0.25, 0.3) is 0 Å². The quantitative estimate of drug-likeness (QED) is 0.845. The summed E-state index contributed by atoms with van der Waals surface area (Å²) in [4.78, 5) is 5.24. The third-order valence-electron chi connectivity index (χ3n) is 4.37. The van der Waals surface area contributed by atoms with Gasteiger partial charge in [0.2, 0.25) is 0 Å². The van der Waals surface area contributed by atoms with Crippen LogP contribution in [-0.4, -0.2) is 48.6 Å². The molecule has 2 aliphatic rings. The molecule has 0 radical (unpaired) electrons. The van der Waals surface area contributed by atoms with E-state index in [1.807, 2.05) is 12.1 Å². The second-order valence-electron chi connectivity index (χ2n) is 5.63. The third kappa shape index (κ3) is 3.25. The zero-order chi connectivity index (χ0) is 13.2. The Morgan fingerprint density at radius 3 is 2.84 bits per heavy atom. The van der Waals surface area contributed by atoms with Crippen molar-refractivity contribution in [1.82, 2.24) is 9.80 Å². The highest BCUT2D eigenvalue weighted by molar-refractivity contribution is 6.42. The fourth-order valence-corrected chi connectivity index (χ4v) is 3.56. The summed E-state index contributed by atoms with van der Waals surface area (Å²) in [6, 6.07) is 6.78. The molecular formula is C15H20Cl2N2. The molecule has 104 valence electrons. The molecular weight excluding hydrogens is 279 g/mol. The van der Waals surface area contributed by atoms with Gasteiger partial charge >= 0.3 is 0 Å². The Bertz CT molecular complexity index is 450. The predicted octanol–water partition coefficient (Wildman–Crippen LogP) is 3.32. The normalized spacial score (nSPS) is 24.6. The molecule has 1 aromatic carbocycles. The van der Waals surface area contributed by atoms with E-state index in [1.165, 1.54) is 44.6 Å². The highest BCUT2D eigenvalue weighted by Crippen LogP contribution is 2.24. The van der Waals surface area contributed by atoms with E-state index < -0.39 is 0 Å². The van der Waals surface area contributed by atoms with Gasteiger partial charge in [0.1, 0.15) is 0 Å². The van der Waals surface area contributed by atoms with E-state index in [4.69, 9.17) is 23.2 Å². The van der Waals surface area contributed by atoms with E-state index >= 15 is 0 Å². The van der Waals surface area contributed by atoms with Crippen molar-refractivity contribution in [2.75, 3.05) is 32.7 Å². The molecule has 0 unspecified atom stereocenters. The topological polar surface area (TPSA) is 6.48 Å². The molecule has 0 amide bonds. The Kier molecular flexibility index (Phi) is 4.33. The van der Waals surface area contributed by atoms with Crippen molar-refractivity contribution in [3.8, 4) is 0 Å². The van der Waals surface area contributed by atoms with Crippen molar-refractivity contribution >= 4 is 23.2 Å². The summed E-state index contributed by atoms with van der Waals surface area (Å²) >= 11 is 12.0. The first-order valence-corrected chi connectivity index (χ1v) is 7.88. The zero-order valence-corrected chi connectivity index (χ0v) is 12.6. The Morgan fingerprint density at radius 1 is 1.11 bits per heavy atom. The van der Waals surface area contributed by atoms with Gasteiger partial charge in [-0.25, -0.2) is 0 Å². The average Bonchev–Trinajstić information content (AvgIpc) is 2.87. The predicted molar refractivity (Wildman–Crippen MR) is 81.2 cm³/mol. The monoisotopic (exact) mass is 298 g/mol. The number of hydrogen-bond acceptors (Lipinski definition) is 2. The van der Waals surface area contributed by atoms with Crippen LogP contribution in [0.2, 0.25) is 10.0 Å². The summed E-state index contributed by atoms with van der Waals surface area (Å²) in [6.45, 7) is 6.12. The van der Waals surface area contributed by atoms with Gasteiger partial charge in [-0.3, -0.25) is 4.90 Å². The Hall–Kier alpha value is -0.280. The first-order chi connectivity index (χ1) is 9.22. The largest absolute Gasteiger partial charge is 0.300 e. The lowest BCUT2D eigenvalue weighted by Gasteiger charge is -2.37. The minimum Gasteiger partial charge on any atom is -0.300 e. The Labute approximate surface area is 125 Å². The first-order valence-electron chi connectivity index (χ1n) is 7.13. The summed E-state index contributed by atoms with van der Waals surface area (Å²) < 4.78 is 0. The van der Waals surface area contributed by atoms with Gasteiger partial charge in [-0.15, -0.1) is 0 Å². The van der Waals surface area contributed by atoms with Crippen molar-refractivity contribution in [1.29, 1.82) is 0 Å².